The molecule has 2 aliphatic heterocycles. The van der Waals surface area contributed by atoms with Crippen LogP contribution in [0.25, 0.3) is 0 Å². The first-order valence-electron chi connectivity index (χ1n) is 8.99. The van der Waals surface area contributed by atoms with E-state index in [4.69, 9.17) is 0 Å². The highest BCUT2D eigenvalue weighted by atomic mass is 79.9. The third-order valence-corrected chi connectivity index (χ3v) is 8.55. The number of thioether (sulfide) groups is 1. The number of aliphatic imine (C=N–C) groups is 1. The van der Waals surface area contributed by atoms with Gasteiger partial charge in [-0.15, -0.1) is 0 Å². The summed E-state index contributed by atoms with van der Waals surface area (Å²) in [5.74, 6) is 0.0348. The number of hydrogen-bond donors (Lipinski definition) is 0. The van der Waals surface area contributed by atoms with Gasteiger partial charge in [-0.2, -0.15) is 4.99 Å². The summed E-state index contributed by atoms with van der Waals surface area (Å²) in [5, 5.41) is 0.505. The second-order valence-corrected chi connectivity index (χ2v) is 11.2. The van der Waals surface area contributed by atoms with Crippen LogP contribution < -0.4 is 4.90 Å². The molecule has 5 nitrogen and oxygen atoms in total. The van der Waals surface area contributed by atoms with Crippen LogP contribution in [-0.2, 0) is 21.1 Å². The van der Waals surface area contributed by atoms with E-state index >= 15 is 0 Å². The highest BCUT2D eigenvalue weighted by Gasteiger charge is 2.49. The molecular weight excluding hydrogens is 460 g/mol. The molecule has 2 saturated heterocycles. The maximum Gasteiger partial charge on any atom is 0.248 e. The Morgan fingerprint density at radius 3 is 2.68 bits per heavy atom. The summed E-state index contributed by atoms with van der Waals surface area (Å²) in [4.78, 5) is 18.8. The molecule has 2 aromatic carbocycles. The summed E-state index contributed by atoms with van der Waals surface area (Å²) < 4.78 is 25.1. The van der Waals surface area contributed by atoms with Crippen molar-refractivity contribution in [1.82, 2.24) is 0 Å². The number of halogens is 1. The lowest BCUT2D eigenvalue weighted by molar-refractivity contribution is -0.117. The van der Waals surface area contributed by atoms with Gasteiger partial charge in [0.1, 0.15) is 0 Å². The molecule has 2 fully saturated rings. The highest BCUT2D eigenvalue weighted by molar-refractivity contribution is 9.10. The summed E-state index contributed by atoms with van der Waals surface area (Å²) in [6.45, 7) is 0. The lowest BCUT2D eigenvalue weighted by Crippen LogP contribution is -2.37. The van der Waals surface area contributed by atoms with E-state index in [2.05, 4.69) is 20.9 Å². The molecule has 0 bridgehead atoms. The van der Waals surface area contributed by atoms with Crippen LogP contribution in [0.4, 0.5) is 5.69 Å². The summed E-state index contributed by atoms with van der Waals surface area (Å²) in [5.41, 5.74) is 1.95. The molecule has 1 amide bonds. The minimum Gasteiger partial charge on any atom is -0.316 e. The highest BCUT2D eigenvalue weighted by Crippen LogP contribution is 2.41. The van der Waals surface area contributed by atoms with Gasteiger partial charge in [0, 0.05) is 21.8 Å². The van der Waals surface area contributed by atoms with E-state index in [1.165, 1.54) is 11.8 Å². The molecular formula is C20H19BrN2O3S2. The van der Waals surface area contributed by atoms with E-state index in [9.17, 15) is 13.2 Å². The average Bonchev–Trinajstić information content (AvgIpc) is 3.11. The quantitative estimate of drug-likeness (QED) is 0.670. The SMILES string of the molecule is O=C(CCc1ccccc1)N=C1S[C@@H]2CS(=O)(=O)C[C@@H]2N1c1cccc(Br)c1. The molecule has 0 spiro atoms. The number of nitrogens with zero attached hydrogens (tertiary/aromatic N) is 2. The number of amides is 1. The van der Waals surface area contributed by atoms with Crippen LogP contribution in [-0.4, -0.2) is 42.3 Å². The number of aryl methyl sites for hydroxylation is 1. The fourth-order valence-electron chi connectivity index (χ4n) is 3.55. The third-order valence-electron chi connectivity index (χ3n) is 4.84. The van der Waals surface area contributed by atoms with Gasteiger partial charge in [0.05, 0.1) is 17.5 Å². The van der Waals surface area contributed by atoms with Gasteiger partial charge in [-0.3, -0.25) is 4.79 Å². The van der Waals surface area contributed by atoms with E-state index in [0.29, 0.717) is 18.0 Å². The van der Waals surface area contributed by atoms with Crippen molar-refractivity contribution in [1.29, 1.82) is 0 Å². The van der Waals surface area contributed by atoms with Crippen LogP contribution in [0.3, 0.4) is 0 Å². The molecule has 4 rings (SSSR count). The Morgan fingerprint density at radius 2 is 1.93 bits per heavy atom. The molecule has 2 atom stereocenters. The molecule has 2 heterocycles. The maximum atomic E-state index is 12.5. The third kappa shape index (κ3) is 4.34. The van der Waals surface area contributed by atoms with E-state index in [-0.39, 0.29) is 28.7 Å². The number of carbonyl (C=O) groups is 1. The van der Waals surface area contributed by atoms with Gasteiger partial charge < -0.3 is 4.90 Å². The van der Waals surface area contributed by atoms with Crippen molar-refractivity contribution in [3.63, 3.8) is 0 Å². The minimum absolute atomic E-state index is 0.0917. The molecule has 0 aromatic heterocycles. The minimum atomic E-state index is -3.07. The number of hydrogen-bond acceptors (Lipinski definition) is 4. The zero-order valence-corrected chi connectivity index (χ0v) is 18.2. The Labute approximate surface area is 177 Å². The Kier molecular flexibility index (Phi) is 5.62. The first-order valence-corrected chi connectivity index (χ1v) is 12.5. The van der Waals surface area contributed by atoms with Gasteiger partial charge >= 0.3 is 0 Å². The molecule has 2 aromatic rings. The van der Waals surface area contributed by atoms with Crippen molar-refractivity contribution in [3.05, 3.63) is 64.6 Å². The fraction of sp³-hybridized carbons (Fsp3) is 0.300. The molecule has 0 radical (unpaired) electrons. The fourth-order valence-corrected chi connectivity index (χ4v) is 7.87. The number of amidine groups is 1. The Hall–Kier alpha value is -1.64. The van der Waals surface area contributed by atoms with Gasteiger partial charge in [-0.25, -0.2) is 8.42 Å². The molecule has 2 aliphatic rings. The van der Waals surface area contributed by atoms with Crippen LogP contribution in [0.1, 0.15) is 12.0 Å². The van der Waals surface area contributed by atoms with E-state index in [1.807, 2.05) is 59.5 Å². The molecule has 146 valence electrons. The Balaban J connectivity index is 1.58. The first-order chi connectivity index (χ1) is 13.4. The molecule has 28 heavy (non-hydrogen) atoms. The summed E-state index contributed by atoms with van der Waals surface area (Å²) in [7, 11) is -3.07. The zero-order valence-electron chi connectivity index (χ0n) is 15.0. The van der Waals surface area contributed by atoms with Crippen molar-refractivity contribution in [2.24, 2.45) is 4.99 Å². The predicted molar refractivity (Wildman–Crippen MR) is 118 cm³/mol. The van der Waals surface area contributed by atoms with Gasteiger partial charge in [-0.1, -0.05) is 64.1 Å². The Morgan fingerprint density at radius 1 is 1.14 bits per heavy atom. The van der Waals surface area contributed by atoms with Crippen molar-refractivity contribution in [3.8, 4) is 0 Å². The van der Waals surface area contributed by atoms with Crippen molar-refractivity contribution in [2.75, 3.05) is 16.4 Å². The largest absolute Gasteiger partial charge is 0.316 e. The summed E-state index contributed by atoms with van der Waals surface area (Å²) in [6.07, 6.45) is 0.966. The number of sulfone groups is 1. The van der Waals surface area contributed by atoms with Crippen LogP contribution in [0.15, 0.2) is 64.1 Å². The predicted octanol–water partition coefficient (Wildman–Crippen LogP) is 3.68. The van der Waals surface area contributed by atoms with Gasteiger partial charge in [0.25, 0.3) is 0 Å². The van der Waals surface area contributed by atoms with Crippen LogP contribution in [0.2, 0.25) is 0 Å². The van der Waals surface area contributed by atoms with Gasteiger partial charge in [0.15, 0.2) is 15.0 Å². The Bertz CT molecular complexity index is 1020. The smallest absolute Gasteiger partial charge is 0.248 e. The van der Waals surface area contributed by atoms with E-state index in [0.717, 1.165) is 15.7 Å². The van der Waals surface area contributed by atoms with Crippen LogP contribution in [0, 0.1) is 0 Å². The topological polar surface area (TPSA) is 66.8 Å². The number of fused-ring (bicyclic) bond motifs is 1. The van der Waals surface area contributed by atoms with Gasteiger partial charge in [-0.05, 0) is 30.2 Å². The van der Waals surface area contributed by atoms with Gasteiger partial charge in [0.2, 0.25) is 5.91 Å². The second kappa shape index (κ2) is 8.00. The normalized spacial score (nSPS) is 24.5. The monoisotopic (exact) mass is 478 g/mol. The molecule has 0 saturated carbocycles. The molecule has 0 N–H and O–H groups in total. The zero-order chi connectivity index (χ0) is 19.7. The number of rotatable bonds is 4. The van der Waals surface area contributed by atoms with E-state index < -0.39 is 9.84 Å². The maximum absolute atomic E-state index is 12.5. The van der Waals surface area contributed by atoms with Crippen molar-refractivity contribution < 1.29 is 13.2 Å². The summed E-state index contributed by atoms with van der Waals surface area (Å²) >= 11 is 4.87. The van der Waals surface area contributed by atoms with E-state index in [1.54, 1.807) is 0 Å². The number of benzene rings is 2. The molecule has 0 unspecified atom stereocenters. The lowest BCUT2D eigenvalue weighted by atomic mass is 10.1. The standard InChI is InChI=1S/C20H19BrN2O3S2/c21-15-7-4-8-16(11-15)23-17-12-28(25,26)13-18(17)27-20(23)22-19(24)10-9-14-5-2-1-3-6-14/h1-8,11,17-18H,9-10,12-13H2/t17-,18+/m0/s1. The van der Waals surface area contributed by atoms with Crippen LogP contribution in [0.5, 0.6) is 0 Å². The second-order valence-electron chi connectivity index (χ2n) is 6.92. The van der Waals surface area contributed by atoms with Crippen LogP contribution >= 0.6 is 27.7 Å². The molecule has 8 heteroatoms. The number of carbonyl (C=O) groups excluding carboxylic acids is 1. The number of anilines is 1. The lowest BCUT2D eigenvalue weighted by Gasteiger charge is -2.24. The first kappa shape index (κ1) is 19.7. The summed E-state index contributed by atoms with van der Waals surface area (Å²) in [6, 6.07) is 17.3. The van der Waals surface area contributed by atoms with Crippen molar-refractivity contribution >= 4 is 54.3 Å². The average molecular weight is 479 g/mol. The van der Waals surface area contributed by atoms with Crippen molar-refractivity contribution in [2.45, 2.75) is 24.1 Å². The molecule has 0 aliphatic carbocycles.